The lowest BCUT2D eigenvalue weighted by Gasteiger charge is -2.14. The monoisotopic (exact) mass is 139 g/mol. The van der Waals surface area contributed by atoms with Gasteiger partial charge in [0.05, 0.1) is 6.04 Å². The molecule has 56 valence electrons. The van der Waals surface area contributed by atoms with Gasteiger partial charge in [0.2, 0.25) is 0 Å². The number of Topliss-reactive ketones (excluding diaryl/α,β-unsaturated/α-hetero) is 1. The Balaban J connectivity index is 2.63. The van der Waals surface area contributed by atoms with E-state index in [1.165, 1.54) is 5.57 Å². The molecule has 1 rings (SSSR count). The van der Waals surface area contributed by atoms with Crippen LogP contribution in [0, 0.1) is 0 Å². The Morgan fingerprint density at radius 3 is 2.60 bits per heavy atom. The minimum absolute atomic E-state index is 0.104. The van der Waals surface area contributed by atoms with Gasteiger partial charge < -0.3 is 0 Å². The molecular formula is C8H13NO. The molecule has 1 aliphatic rings. The van der Waals surface area contributed by atoms with Gasteiger partial charge in [0.1, 0.15) is 5.78 Å². The van der Waals surface area contributed by atoms with Crippen LogP contribution in [-0.4, -0.2) is 30.3 Å². The Hall–Kier alpha value is -0.630. The minimum atomic E-state index is 0.104. The van der Waals surface area contributed by atoms with Crippen LogP contribution in [0.2, 0.25) is 0 Å². The summed E-state index contributed by atoms with van der Waals surface area (Å²) in [5.74, 6) is 0.251. The molecule has 1 fully saturated rings. The summed E-state index contributed by atoms with van der Waals surface area (Å²) >= 11 is 0. The molecule has 0 saturated carbocycles. The molecule has 0 aromatic heterocycles. The van der Waals surface area contributed by atoms with E-state index in [0.29, 0.717) is 0 Å². The zero-order valence-corrected chi connectivity index (χ0v) is 6.55. The maximum Gasteiger partial charge on any atom is 0.147 e. The summed E-state index contributed by atoms with van der Waals surface area (Å²) in [6.07, 6.45) is 0.853. The largest absolute Gasteiger partial charge is 0.298 e. The summed E-state index contributed by atoms with van der Waals surface area (Å²) in [5.41, 5.74) is 1.17. The topological polar surface area (TPSA) is 20.3 Å². The number of ketones is 1. The highest BCUT2D eigenvalue weighted by atomic mass is 16.1. The first-order chi connectivity index (χ1) is 4.61. The van der Waals surface area contributed by atoms with Crippen LogP contribution in [0.15, 0.2) is 12.2 Å². The van der Waals surface area contributed by atoms with Crippen LogP contribution in [0.5, 0.6) is 0 Å². The summed E-state index contributed by atoms with van der Waals surface area (Å²) < 4.78 is 0. The van der Waals surface area contributed by atoms with E-state index in [0.717, 1.165) is 13.0 Å². The lowest BCUT2D eigenvalue weighted by molar-refractivity contribution is -0.120. The standard InChI is InChI=1S/C8H13NO/c1-6-4-8(7(2)10)9(3)5-6/h8H,1,4-5H2,2-3H3/t8-/m0/s1. The Labute approximate surface area is 61.5 Å². The maximum absolute atomic E-state index is 10.9. The van der Waals surface area contributed by atoms with Gasteiger partial charge in [-0.15, -0.1) is 0 Å². The number of rotatable bonds is 1. The van der Waals surface area contributed by atoms with Crippen LogP contribution in [0.3, 0.4) is 0 Å². The van der Waals surface area contributed by atoms with Gasteiger partial charge >= 0.3 is 0 Å². The molecule has 10 heavy (non-hydrogen) atoms. The maximum atomic E-state index is 10.9. The van der Waals surface area contributed by atoms with Gasteiger partial charge in [-0.3, -0.25) is 9.69 Å². The van der Waals surface area contributed by atoms with E-state index in [1.807, 2.05) is 11.9 Å². The molecule has 0 radical (unpaired) electrons. The van der Waals surface area contributed by atoms with E-state index in [2.05, 4.69) is 6.58 Å². The first-order valence-electron chi connectivity index (χ1n) is 3.48. The number of carbonyl (C=O) groups is 1. The lowest BCUT2D eigenvalue weighted by Crippen LogP contribution is -2.30. The molecule has 1 saturated heterocycles. The molecule has 0 aliphatic carbocycles. The second kappa shape index (κ2) is 2.54. The molecule has 0 N–H and O–H groups in total. The molecule has 0 unspecified atom stereocenters. The van der Waals surface area contributed by atoms with Gasteiger partial charge in [-0.05, 0) is 20.4 Å². The number of nitrogens with zero attached hydrogens (tertiary/aromatic N) is 1. The minimum Gasteiger partial charge on any atom is -0.298 e. The van der Waals surface area contributed by atoms with Crippen LogP contribution in [-0.2, 0) is 4.79 Å². The molecule has 0 aromatic carbocycles. The third-order valence-corrected chi connectivity index (χ3v) is 1.96. The van der Waals surface area contributed by atoms with Crippen LogP contribution in [0.25, 0.3) is 0 Å². The van der Waals surface area contributed by atoms with Crippen molar-refractivity contribution in [3.8, 4) is 0 Å². The van der Waals surface area contributed by atoms with E-state index in [9.17, 15) is 4.79 Å². The quantitative estimate of drug-likeness (QED) is 0.502. The summed E-state index contributed by atoms with van der Waals surface area (Å²) in [6.45, 7) is 6.36. The highest BCUT2D eigenvalue weighted by Crippen LogP contribution is 2.19. The van der Waals surface area contributed by atoms with Crippen molar-refractivity contribution in [3.05, 3.63) is 12.2 Å². The van der Waals surface area contributed by atoms with E-state index < -0.39 is 0 Å². The van der Waals surface area contributed by atoms with Crippen molar-refractivity contribution in [2.24, 2.45) is 0 Å². The number of likely N-dealkylation sites (tertiary alicyclic amines) is 1. The van der Waals surface area contributed by atoms with Crippen molar-refractivity contribution in [1.82, 2.24) is 4.90 Å². The molecule has 0 amide bonds. The number of hydrogen-bond acceptors (Lipinski definition) is 2. The molecule has 1 heterocycles. The van der Waals surface area contributed by atoms with Gasteiger partial charge in [0.25, 0.3) is 0 Å². The molecule has 1 aliphatic heterocycles. The predicted molar refractivity (Wildman–Crippen MR) is 40.9 cm³/mol. The number of carbonyl (C=O) groups excluding carboxylic acids is 1. The van der Waals surface area contributed by atoms with Crippen LogP contribution in [0.4, 0.5) is 0 Å². The predicted octanol–water partition coefficient (Wildman–Crippen LogP) is 0.836. The van der Waals surface area contributed by atoms with E-state index in [1.54, 1.807) is 6.92 Å². The average molecular weight is 139 g/mol. The summed E-state index contributed by atoms with van der Waals surface area (Å²) in [4.78, 5) is 13.0. The fourth-order valence-electron chi connectivity index (χ4n) is 1.41. The Kier molecular flexibility index (Phi) is 1.90. The SMILES string of the molecule is C=C1C[C@@H](C(C)=O)N(C)C1. The van der Waals surface area contributed by atoms with Gasteiger partial charge in [-0.2, -0.15) is 0 Å². The van der Waals surface area contributed by atoms with Gasteiger partial charge in [-0.25, -0.2) is 0 Å². The molecular weight excluding hydrogens is 126 g/mol. The highest BCUT2D eigenvalue weighted by Gasteiger charge is 2.26. The summed E-state index contributed by atoms with van der Waals surface area (Å²) in [7, 11) is 1.96. The third kappa shape index (κ3) is 1.27. The normalized spacial score (nSPS) is 27.4. The Bertz CT molecular complexity index is 174. The molecule has 0 spiro atoms. The van der Waals surface area contributed by atoms with Gasteiger partial charge in [-0.1, -0.05) is 12.2 Å². The first-order valence-corrected chi connectivity index (χ1v) is 3.48. The van der Waals surface area contributed by atoms with Crippen molar-refractivity contribution in [1.29, 1.82) is 0 Å². The molecule has 0 bridgehead atoms. The summed E-state index contributed by atoms with van der Waals surface area (Å²) in [5, 5.41) is 0. The average Bonchev–Trinajstić information content (AvgIpc) is 2.10. The van der Waals surface area contributed by atoms with E-state index >= 15 is 0 Å². The van der Waals surface area contributed by atoms with E-state index in [-0.39, 0.29) is 11.8 Å². The number of hydrogen-bond donors (Lipinski definition) is 0. The molecule has 1 atom stereocenters. The van der Waals surface area contributed by atoms with Crippen molar-refractivity contribution < 1.29 is 4.79 Å². The zero-order valence-electron chi connectivity index (χ0n) is 6.55. The van der Waals surface area contributed by atoms with Crippen LogP contribution >= 0.6 is 0 Å². The Morgan fingerprint density at radius 1 is 1.80 bits per heavy atom. The van der Waals surface area contributed by atoms with Gasteiger partial charge in [0.15, 0.2) is 0 Å². The Morgan fingerprint density at radius 2 is 2.40 bits per heavy atom. The molecule has 2 nitrogen and oxygen atoms in total. The summed E-state index contributed by atoms with van der Waals surface area (Å²) in [6, 6.07) is 0.104. The fourth-order valence-corrected chi connectivity index (χ4v) is 1.41. The van der Waals surface area contributed by atoms with Crippen molar-refractivity contribution in [2.45, 2.75) is 19.4 Å². The zero-order chi connectivity index (χ0) is 7.72. The molecule has 0 aromatic rings. The van der Waals surface area contributed by atoms with Crippen molar-refractivity contribution in [3.63, 3.8) is 0 Å². The number of likely N-dealkylation sites (N-methyl/N-ethyl adjacent to an activating group) is 1. The second-order valence-corrected chi connectivity index (χ2v) is 3.00. The van der Waals surface area contributed by atoms with Crippen LogP contribution < -0.4 is 0 Å². The smallest absolute Gasteiger partial charge is 0.147 e. The van der Waals surface area contributed by atoms with E-state index in [4.69, 9.17) is 0 Å². The van der Waals surface area contributed by atoms with Crippen molar-refractivity contribution >= 4 is 5.78 Å². The second-order valence-electron chi connectivity index (χ2n) is 3.00. The van der Waals surface area contributed by atoms with Crippen LogP contribution in [0.1, 0.15) is 13.3 Å². The lowest BCUT2D eigenvalue weighted by atomic mass is 10.1. The molecule has 2 heteroatoms. The van der Waals surface area contributed by atoms with Gasteiger partial charge in [0, 0.05) is 6.54 Å². The first kappa shape index (κ1) is 7.48. The fraction of sp³-hybridized carbons (Fsp3) is 0.625. The highest BCUT2D eigenvalue weighted by molar-refractivity contribution is 5.82. The van der Waals surface area contributed by atoms with Crippen molar-refractivity contribution in [2.75, 3.05) is 13.6 Å². The third-order valence-electron chi connectivity index (χ3n) is 1.96.